The molecule has 0 saturated carbocycles. The van der Waals surface area contributed by atoms with Crippen LogP contribution in [-0.4, -0.2) is 37.1 Å². The Balaban J connectivity index is 2.03. The van der Waals surface area contributed by atoms with E-state index in [-0.39, 0.29) is 18.4 Å². The summed E-state index contributed by atoms with van der Waals surface area (Å²) in [5.74, 6) is -0.695. The number of rotatable bonds is 7. The van der Waals surface area contributed by atoms with Crippen molar-refractivity contribution in [3.63, 3.8) is 0 Å². The molecule has 0 spiro atoms. The molecule has 1 fully saturated rings. The predicted molar refractivity (Wildman–Crippen MR) is 103 cm³/mol. The summed E-state index contributed by atoms with van der Waals surface area (Å²) in [5.41, 5.74) is 2.79. The molecule has 1 saturated heterocycles. The van der Waals surface area contributed by atoms with Gasteiger partial charge in [0, 0.05) is 24.2 Å². The molecule has 27 heavy (non-hydrogen) atoms. The first-order chi connectivity index (χ1) is 12.9. The lowest BCUT2D eigenvalue weighted by Gasteiger charge is -2.18. The Morgan fingerprint density at radius 2 is 2.00 bits per heavy atom. The lowest BCUT2D eigenvalue weighted by molar-refractivity contribution is -0.137. The number of anilines is 1. The average Bonchev–Trinajstić information content (AvgIpc) is 2.96. The van der Waals surface area contributed by atoms with Gasteiger partial charge in [-0.15, -0.1) is 0 Å². The first-order valence-corrected chi connectivity index (χ1v) is 9.16. The molecule has 1 aliphatic heterocycles. The Hall–Kier alpha value is -2.83. The smallest absolute Gasteiger partial charge is 0.330 e. The number of aryl methyl sites for hydroxylation is 2. The minimum atomic E-state index is -0.477. The minimum absolute atomic E-state index is 0.0268. The number of carbonyl (C=O) groups is 3. The van der Waals surface area contributed by atoms with Gasteiger partial charge in [0.15, 0.2) is 0 Å². The summed E-state index contributed by atoms with van der Waals surface area (Å²) in [6.07, 6.45) is 3.99. The molecular formula is C20H27N3O4. The lowest BCUT2D eigenvalue weighted by atomic mass is 9.98. The van der Waals surface area contributed by atoms with E-state index in [1.54, 1.807) is 13.0 Å². The number of urea groups is 1. The fourth-order valence-corrected chi connectivity index (χ4v) is 3.13. The van der Waals surface area contributed by atoms with Crippen molar-refractivity contribution in [3.8, 4) is 0 Å². The van der Waals surface area contributed by atoms with E-state index < -0.39 is 18.0 Å². The fourth-order valence-electron chi connectivity index (χ4n) is 3.13. The van der Waals surface area contributed by atoms with E-state index in [1.165, 1.54) is 6.08 Å². The van der Waals surface area contributed by atoms with Crippen LogP contribution in [0.15, 0.2) is 30.4 Å². The monoisotopic (exact) mass is 373 g/mol. The normalized spacial score (nSPS) is 17.4. The Morgan fingerprint density at radius 3 is 2.59 bits per heavy atom. The van der Waals surface area contributed by atoms with Crippen molar-refractivity contribution in [2.45, 2.75) is 39.7 Å². The van der Waals surface area contributed by atoms with Gasteiger partial charge in [-0.25, -0.2) is 9.59 Å². The molecule has 0 unspecified atom stereocenters. The van der Waals surface area contributed by atoms with E-state index in [2.05, 4.69) is 16.0 Å². The third kappa shape index (κ3) is 6.77. The second-order valence-corrected chi connectivity index (χ2v) is 6.70. The maximum atomic E-state index is 12.4. The number of carbonyl (C=O) groups excluding carboxylic acids is 3. The molecule has 3 N–H and O–H groups in total. The highest BCUT2D eigenvalue weighted by molar-refractivity contribution is 5.90. The van der Waals surface area contributed by atoms with E-state index in [4.69, 9.17) is 4.74 Å². The van der Waals surface area contributed by atoms with Gasteiger partial charge in [-0.1, -0.05) is 12.1 Å². The van der Waals surface area contributed by atoms with Gasteiger partial charge in [0.1, 0.15) is 0 Å². The van der Waals surface area contributed by atoms with Gasteiger partial charge in [-0.2, -0.15) is 0 Å². The highest BCUT2D eigenvalue weighted by atomic mass is 16.5. The Morgan fingerprint density at radius 1 is 1.30 bits per heavy atom. The van der Waals surface area contributed by atoms with Gasteiger partial charge < -0.3 is 20.7 Å². The zero-order chi connectivity index (χ0) is 19.8. The summed E-state index contributed by atoms with van der Waals surface area (Å²) in [6, 6.07) is 4.92. The molecule has 7 nitrogen and oxygen atoms in total. The topological polar surface area (TPSA) is 96.5 Å². The number of esters is 1. The van der Waals surface area contributed by atoms with E-state index in [1.807, 2.05) is 32.0 Å². The van der Waals surface area contributed by atoms with Crippen molar-refractivity contribution in [2.75, 3.05) is 18.5 Å². The molecule has 1 heterocycles. The molecule has 0 radical (unpaired) electrons. The Labute approximate surface area is 159 Å². The molecule has 1 aliphatic rings. The molecule has 2 rings (SSSR count). The summed E-state index contributed by atoms with van der Waals surface area (Å²) in [5, 5.41) is 8.41. The molecule has 2 atom stereocenters. The van der Waals surface area contributed by atoms with Gasteiger partial charge in [0.25, 0.3) is 0 Å². The summed E-state index contributed by atoms with van der Waals surface area (Å²) in [6.45, 7) is 6.55. The van der Waals surface area contributed by atoms with Crippen molar-refractivity contribution >= 4 is 23.6 Å². The van der Waals surface area contributed by atoms with Gasteiger partial charge >= 0.3 is 12.0 Å². The van der Waals surface area contributed by atoms with Gasteiger partial charge in [0.2, 0.25) is 5.91 Å². The lowest BCUT2D eigenvalue weighted by Crippen LogP contribution is -2.39. The van der Waals surface area contributed by atoms with Crippen LogP contribution in [0.1, 0.15) is 30.9 Å². The molecular weight excluding hydrogens is 346 g/mol. The van der Waals surface area contributed by atoms with Crippen molar-refractivity contribution in [2.24, 2.45) is 5.92 Å². The van der Waals surface area contributed by atoms with Crippen LogP contribution in [0.5, 0.6) is 0 Å². The first-order valence-electron chi connectivity index (χ1n) is 9.16. The van der Waals surface area contributed by atoms with Crippen molar-refractivity contribution < 1.29 is 19.1 Å². The van der Waals surface area contributed by atoms with Crippen LogP contribution in [0.4, 0.5) is 10.5 Å². The number of ether oxygens (including phenoxy) is 1. The molecule has 146 valence electrons. The molecule has 7 heteroatoms. The first kappa shape index (κ1) is 20.5. The quantitative estimate of drug-likeness (QED) is 0.505. The van der Waals surface area contributed by atoms with Crippen LogP contribution >= 0.6 is 0 Å². The maximum Gasteiger partial charge on any atom is 0.330 e. The minimum Gasteiger partial charge on any atom is -0.463 e. The van der Waals surface area contributed by atoms with E-state index in [0.29, 0.717) is 25.1 Å². The second-order valence-electron chi connectivity index (χ2n) is 6.70. The summed E-state index contributed by atoms with van der Waals surface area (Å²) in [7, 11) is 0. The molecule has 0 aromatic heterocycles. The number of hydrogen-bond acceptors (Lipinski definition) is 4. The molecule has 0 bridgehead atoms. The maximum absolute atomic E-state index is 12.4. The van der Waals surface area contributed by atoms with Gasteiger partial charge in [-0.3, -0.25) is 4.79 Å². The Kier molecular flexibility index (Phi) is 7.40. The van der Waals surface area contributed by atoms with Crippen molar-refractivity contribution in [3.05, 3.63) is 41.5 Å². The molecule has 1 aromatic carbocycles. The van der Waals surface area contributed by atoms with E-state index in [9.17, 15) is 14.4 Å². The number of hydrogen-bond donors (Lipinski definition) is 3. The molecule has 0 aliphatic carbocycles. The van der Waals surface area contributed by atoms with Gasteiger partial charge in [-0.05, 0) is 56.9 Å². The largest absolute Gasteiger partial charge is 0.463 e. The molecule has 3 amide bonds. The van der Waals surface area contributed by atoms with E-state index in [0.717, 1.165) is 11.1 Å². The average molecular weight is 373 g/mol. The predicted octanol–water partition coefficient (Wildman–Crippen LogP) is 2.44. The summed E-state index contributed by atoms with van der Waals surface area (Å²) >= 11 is 0. The van der Waals surface area contributed by atoms with E-state index >= 15 is 0 Å². The van der Waals surface area contributed by atoms with Crippen LogP contribution in [-0.2, 0) is 14.3 Å². The summed E-state index contributed by atoms with van der Waals surface area (Å²) < 4.78 is 4.88. The van der Waals surface area contributed by atoms with Crippen molar-refractivity contribution in [1.82, 2.24) is 10.6 Å². The van der Waals surface area contributed by atoms with Crippen LogP contribution < -0.4 is 16.0 Å². The van der Waals surface area contributed by atoms with Crippen molar-refractivity contribution in [1.29, 1.82) is 0 Å². The molecule has 1 aromatic rings. The zero-order valence-electron chi connectivity index (χ0n) is 16.0. The highest BCUT2D eigenvalue weighted by Crippen LogP contribution is 2.18. The zero-order valence-corrected chi connectivity index (χ0v) is 16.0. The van der Waals surface area contributed by atoms with Crippen LogP contribution in [0.3, 0.4) is 0 Å². The number of benzene rings is 1. The van der Waals surface area contributed by atoms with Crippen LogP contribution in [0.2, 0.25) is 0 Å². The van der Waals surface area contributed by atoms with Crippen LogP contribution in [0.25, 0.3) is 0 Å². The highest BCUT2D eigenvalue weighted by Gasteiger charge is 2.27. The third-order valence-corrected chi connectivity index (χ3v) is 4.25. The SMILES string of the molecule is CCOC(=O)C=C[C@H](C[C@@H]1CCNC1=O)NC(=O)Nc1cc(C)cc(C)c1. The van der Waals surface area contributed by atoms with Gasteiger partial charge in [0.05, 0.1) is 12.6 Å². The Bertz CT molecular complexity index is 710. The standard InChI is InChI=1S/C20H27N3O4/c1-4-27-18(24)6-5-16(12-15-7-8-21-19(15)25)22-20(26)23-17-10-13(2)9-14(3)11-17/h5-6,9-11,15-16H,4,7-8,12H2,1-3H3,(H,21,25)(H2,22,23,26)/t15-,16+/m0/s1. The number of amides is 3. The third-order valence-electron chi connectivity index (χ3n) is 4.25. The fraction of sp³-hybridized carbons (Fsp3) is 0.450. The second kappa shape index (κ2) is 9.75. The number of nitrogens with one attached hydrogen (secondary N) is 3. The summed E-state index contributed by atoms with van der Waals surface area (Å²) in [4.78, 5) is 35.8. The van der Waals surface area contributed by atoms with Crippen LogP contribution in [0, 0.1) is 19.8 Å².